The lowest BCUT2D eigenvalue weighted by molar-refractivity contribution is 0.128. The van der Waals surface area contributed by atoms with E-state index in [2.05, 4.69) is 5.32 Å². The number of aliphatic hydroxyl groups excluding tert-OH is 1. The molecule has 0 aromatic heterocycles. The van der Waals surface area contributed by atoms with Gasteiger partial charge < -0.3 is 10.4 Å². The summed E-state index contributed by atoms with van der Waals surface area (Å²) in [6.45, 7) is 2.58. The lowest BCUT2D eigenvalue weighted by Crippen LogP contribution is -2.35. The van der Waals surface area contributed by atoms with Crippen molar-refractivity contribution in [3.05, 3.63) is 0 Å². The van der Waals surface area contributed by atoms with E-state index in [1.807, 2.05) is 0 Å². The maximum atomic E-state index is 9.40. The maximum absolute atomic E-state index is 9.40. The summed E-state index contributed by atoms with van der Waals surface area (Å²) in [5.41, 5.74) is 0.240. The van der Waals surface area contributed by atoms with E-state index < -0.39 is 0 Å². The van der Waals surface area contributed by atoms with Crippen LogP contribution in [0.1, 0.15) is 44.9 Å². The van der Waals surface area contributed by atoms with Gasteiger partial charge in [-0.1, -0.05) is 25.7 Å². The molecular formula is C12H23NO. The number of aliphatic hydroxyl groups is 1. The first kappa shape index (κ1) is 10.4. The molecule has 0 unspecified atom stereocenters. The van der Waals surface area contributed by atoms with Crippen LogP contribution in [-0.2, 0) is 0 Å². The predicted molar refractivity (Wildman–Crippen MR) is 58.2 cm³/mol. The Hall–Kier alpha value is -0.0800. The first-order valence-corrected chi connectivity index (χ1v) is 6.16. The smallest absolute Gasteiger partial charge is 0.0499 e. The summed E-state index contributed by atoms with van der Waals surface area (Å²) < 4.78 is 0. The van der Waals surface area contributed by atoms with Crippen molar-refractivity contribution in [1.82, 2.24) is 5.32 Å². The van der Waals surface area contributed by atoms with E-state index in [4.69, 9.17) is 0 Å². The molecule has 0 spiro atoms. The molecule has 2 rings (SSSR count). The van der Waals surface area contributed by atoms with Gasteiger partial charge in [-0.2, -0.15) is 0 Å². The fraction of sp³-hybridized carbons (Fsp3) is 1.00. The van der Waals surface area contributed by atoms with Gasteiger partial charge in [-0.15, -0.1) is 0 Å². The third-order valence-corrected chi connectivity index (χ3v) is 3.93. The fourth-order valence-corrected chi connectivity index (χ4v) is 2.58. The molecule has 0 radical (unpaired) electrons. The Balaban J connectivity index is 1.61. The average Bonchev–Trinajstić information content (AvgIpc) is 2.92. The second-order valence-corrected chi connectivity index (χ2v) is 5.27. The van der Waals surface area contributed by atoms with Gasteiger partial charge >= 0.3 is 0 Å². The largest absolute Gasteiger partial charge is 0.396 e. The molecule has 0 heterocycles. The Kier molecular flexibility index (Phi) is 3.45. The number of hydrogen-bond acceptors (Lipinski definition) is 2. The molecule has 2 aliphatic carbocycles. The number of hydrogen-bond donors (Lipinski definition) is 2. The summed E-state index contributed by atoms with van der Waals surface area (Å²) in [6.07, 6.45) is 9.32. The summed E-state index contributed by atoms with van der Waals surface area (Å²) in [6, 6.07) is 0. The molecule has 2 saturated carbocycles. The molecule has 2 fully saturated rings. The fourth-order valence-electron chi connectivity index (χ4n) is 2.58. The van der Waals surface area contributed by atoms with Gasteiger partial charge in [0, 0.05) is 18.6 Å². The Morgan fingerprint density at radius 2 is 1.93 bits per heavy atom. The molecule has 0 atom stereocenters. The van der Waals surface area contributed by atoms with E-state index in [0.717, 1.165) is 19.0 Å². The number of nitrogens with one attached hydrogen (secondary N) is 1. The molecular weight excluding hydrogens is 174 g/mol. The van der Waals surface area contributed by atoms with Gasteiger partial charge in [0.2, 0.25) is 0 Å². The Bertz CT molecular complexity index is 171. The molecule has 0 aliphatic heterocycles. The minimum Gasteiger partial charge on any atom is -0.396 e. The van der Waals surface area contributed by atoms with Crippen LogP contribution in [-0.4, -0.2) is 24.8 Å². The van der Waals surface area contributed by atoms with Crippen LogP contribution >= 0.6 is 0 Å². The zero-order chi connectivity index (χ0) is 9.86. The van der Waals surface area contributed by atoms with Gasteiger partial charge in [0.05, 0.1) is 0 Å². The third-order valence-electron chi connectivity index (χ3n) is 3.93. The standard InChI is InChI=1S/C12H23NO/c14-10-12(6-1-2-7-12)9-13-8-5-11-3-4-11/h11,13-14H,1-10H2. The van der Waals surface area contributed by atoms with Crippen LogP contribution in [0.5, 0.6) is 0 Å². The SMILES string of the molecule is OCC1(CNCCC2CC2)CCCC1. The Morgan fingerprint density at radius 1 is 1.21 bits per heavy atom. The van der Waals surface area contributed by atoms with E-state index in [1.165, 1.54) is 44.9 Å². The lowest BCUT2D eigenvalue weighted by atomic mass is 9.87. The maximum Gasteiger partial charge on any atom is 0.0499 e. The van der Waals surface area contributed by atoms with Gasteiger partial charge in [0.1, 0.15) is 0 Å². The van der Waals surface area contributed by atoms with Crippen LogP contribution in [0.3, 0.4) is 0 Å². The zero-order valence-electron chi connectivity index (χ0n) is 9.10. The van der Waals surface area contributed by atoms with Crippen molar-refractivity contribution in [3.8, 4) is 0 Å². The van der Waals surface area contributed by atoms with Crippen LogP contribution in [0.2, 0.25) is 0 Å². The Morgan fingerprint density at radius 3 is 2.50 bits per heavy atom. The van der Waals surface area contributed by atoms with E-state index in [1.54, 1.807) is 0 Å². The highest BCUT2D eigenvalue weighted by Crippen LogP contribution is 2.37. The third kappa shape index (κ3) is 2.71. The van der Waals surface area contributed by atoms with Crippen LogP contribution < -0.4 is 5.32 Å². The molecule has 0 amide bonds. The van der Waals surface area contributed by atoms with Crippen molar-refractivity contribution in [1.29, 1.82) is 0 Å². The molecule has 0 aromatic carbocycles. The highest BCUT2D eigenvalue weighted by Gasteiger charge is 2.32. The predicted octanol–water partition coefficient (Wildman–Crippen LogP) is 1.93. The molecule has 14 heavy (non-hydrogen) atoms. The molecule has 2 N–H and O–H groups in total. The normalized spacial score (nSPS) is 25.5. The van der Waals surface area contributed by atoms with Crippen LogP contribution in [0, 0.1) is 11.3 Å². The van der Waals surface area contributed by atoms with Gasteiger partial charge in [-0.3, -0.25) is 0 Å². The molecule has 2 nitrogen and oxygen atoms in total. The minimum absolute atomic E-state index is 0.240. The van der Waals surface area contributed by atoms with Crippen LogP contribution in [0.15, 0.2) is 0 Å². The molecule has 0 saturated heterocycles. The van der Waals surface area contributed by atoms with Crippen molar-refractivity contribution in [2.45, 2.75) is 44.9 Å². The van der Waals surface area contributed by atoms with Crippen molar-refractivity contribution in [2.24, 2.45) is 11.3 Å². The minimum atomic E-state index is 0.240. The molecule has 2 aliphatic rings. The topological polar surface area (TPSA) is 32.3 Å². The van der Waals surface area contributed by atoms with Gasteiger partial charge in [0.25, 0.3) is 0 Å². The summed E-state index contributed by atoms with van der Waals surface area (Å²) in [5.74, 6) is 1.02. The van der Waals surface area contributed by atoms with Crippen molar-refractivity contribution in [2.75, 3.05) is 19.7 Å². The molecule has 0 bridgehead atoms. The zero-order valence-corrected chi connectivity index (χ0v) is 9.10. The summed E-state index contributed by atoms with van der Waals surface area (Å²) in [7, 11) is 0. The second-order valence-electron chi connectivity index (χ2n) is 5.27. The Labute approximate surface area is 87.1 Å². The van der Waals surface area contributed by atoms with Crippen molar-refractivity contribution < 1.29 is 5.11 Å². The number of rotatable bonds is 6. The quantitative estimate of drug-likeness (QED) is 0.638. The van der Waals surface area contributed by atoms with E-state index in [0.29, 0.717) is 6.61 Å². The summed E-state index contributed by atoms with van der Waals surface area (Å²) in [4.78, 5) is 0. The van der Waals surface area contributed by atoms with Gasteiger partial charge in [0.15, 0.2) is 0 Å². The van der Waals surface area contributed by atoms with E-state index >= 15 is 0 Å². The highest BCUT2D eigenvalue weighted by molar-refractivity contribution is 4.86. The molecule has 2 heteroatoms. The summed E-state index contributed by atoms with van der Waals surface area (Å²) in [5, 5.41) is 12.9. The molecule has 82 valence electrons. The lowest BCUT2D eigenvalue weighted by Gasteiger charge is -2.26. The first-order chi connectivity index (χ1) is 6.85. The van der Waals surface area contributed by atoms with Crippen molar-refractivity contribution >= 4 is 0 Å². The second kappa shape index (κ2) is 4.63. The van der Waals surface area contributed by atoms with Crippen LogP contribution in [0.4, 0.5) is 0 Å². The first-order valence-electron chi connectivity index (χ1n) is 6.16. The molecule has 0 aromatic rings. The van der Waals surface area contributed by atoms with E-state index in [9.17, 15) is 5.11 Å². The van der Waals surface area contributed by atoms with Gasteiger partial charge in [-0.05, 0) is 31.7 Å². The average molecular weight is 197 g/mol. The summed E-state index contributed by atoms with van der Waals surface area (Å²) >= 11 is 0. The van der Waals surface area contributed by atoms with Crippen molar-refractivity contribution in [3.63, 3.8) is 0 Å². The van der Waals surface area contributed by atoms with E-state index in [-0.39, 0.29) is 5.41 Å². The monoisotopic (exact) mass is 197 g/mol. The van der Waals surface area contributed by atoms with Gasteiger partial charge in [-0.25, -0.2) is 0 Å². The highest BCUT2D eigenvalue weighted by atomic mass is 16.3. The van der Waals surface area contributed by atoms with Crippen LogP contribution in [0.25, 0.3) is 0 Å².